The van der Waals surface area contributed by atoms with E-state index in [0.717, 1.165) is 43.0 Å². The molecule has 0 saturated heterocycles. The summed E-state index contributed by atoms with van der Waals surface area (Å²) in [5.74, 6) is 7.97. The molecule has 0 atom stereocenters. The van der Waals surface area contributed by atoms with Crippen LogP contribution in [0.5, 0.6) is 0 Å². The molecule has 2 aromatic heterocycles. The third kappa shape index (κ3) is 3.90. The molecule has 0 bridgehead atoms. The van der Waals surface area contributed by atoms with Gasteiger partial charge in [0.25, 0.3) is 5.95 Å². The van der Waals surface area contributed by atoms with Gasteiger partial charge in [-0.25, -0.2) is 9.36 Å². The molecular formula is C19H29N7OS. The number of carbonyl (C=O) groups excluding carboxylic acids is 1. The number of nitrogen functional groups attached to an aromatic ring is 1. The number of hydrogen-bond donors (Lipinski definition) is 1. The van der Waals surface area contributed by atoms with Gasteiger partial charge in [-0.15, -0.1) is 10.2 Å². The van der Waals surface area contributed by atoms with Crippen LogP contribution in [0, 0.1) is 19.8 Å². The summed E-state index contributed by atoms with van der Waals surface area (Å²) in [6.45, 7) is 6.18. The van der Waals surface area contributed by atoms with E-state index in [1.165, 1.54) is 29.3 Å². The van der Waals surface area contributed by atoms with Gasteiger partial charge in [-0.3, -0.25) is 4.79 Å². The smallest absolute Gasteiger partial charge is 0.271 e. The molecule has 2 fully saturated rings. The monoisotopic (exact) mass is 403 g/mol. The lowest BCUT2D eigenvalue weighted by Gasteiger charge is -2.36. The molecule has 0 aromatic carbocycles. The van der Waals surface area contributed by atoms with E-state index in [-0.39, 0.29) is 5.91 Å². The number of amides is 1. The van der Waals surface area contributed by atoms with E-state index >= 15 is 0 Å². The average molecular weight is 404 g/mol. The Morgan fingerprint density at radius 3 is 2.39 bits per heavy atom. The fourth-order valence-electron chi connectivity index (χ4n) is 4.12. The second-order valence-corrected chi connectivity index (χ2v) is 9.17. The minimum absolute atomic E-state index is 0.197. The Kier molecular flexibility index (Phi) is 5.35. The van der Waals surface area contributed by atoms with E-state index in [4.69, 9.17) is 5.84 Å². The summed E-state index contributed by atoms with van der Waals surface area (Å²) in [5, 5.41) is 13.3. The molecule has 1 amide bonds. The molecule has 2 aliphatic rings. The van der Waals surface area contributed by atoms with E-state index in [1.54, 1.807) is 4.68 Å². The second kappa shape index (κ2) is 7.77. The number of rotatable bonds is 6. The third-order valence-corrected chi connectivity index (χ3v) is 6.71. The predicted octanol–water partition coefficient (Wildman–Crippen LogP) is 2.46. The summed E-state index contributed by atoms with van der Waals surface area (Å²) < 4.78 is 3.09. The standard InChI is InChI=1S/C19H29N7OS/c1-12-4-6-15(7-5-12)24(16-8-9-16)17(27)11-28-19-22-21-18(25(19)20)26-14(3)10-13(2)23-26/h10,12,15-16H,4-9,11,20H2,1-3H3. The Bertz CT molecular complexity index is 849. The Hall–Kier alpha value is -2.03. The van der Waals surface area contributed by atoms with Crippen molar-refractivity contribution in [3.05, 3.63) is 17.5 Å². The van der Waals surface area contributed by atoms with Crippen LogP contribution in [-0.4, -0.2) is 53.3 Å². The van der Waals surface area contributed by atoms with Crippen molar-refractivity contribution in [3.63, 3.8) is 0 Å². The van der Waals surface area contributed by atoms with E-state index in [2.05, 4.69) is 27.1 Å². The van der Waals surface area contributed by atoms with Crippen LogP contribution in [0.25, 0.3) is 5.95 Å². The van der Waals surface area contributed by atoms with Crippen molar-refractivity contribution in [2.45, 2.75) is 76.5 Å². The van der Waals surface area contributed by atoms with Gasteiger partial charge < -0.3 is 10.7 Å². The first-order valence-electron chi connectivity index (χ1n) is 10.1. The average Bonchev–Trinajstić information content (AvgIpc) is 3.34. The number of aryl methyl sites for hydroxylation is 2. The first-order chi connectivity index (χ1) is 13.4. The van der Waals surface area contributed by atoms with Gasteiger partial charge >= 0.3 is 0 Å². The number of nitrogens with two attached hydrogens (primary N) is 1. The highest BCUT2D eigenvalue weighted by molar-refractivity contribution is 7.99. The molecule has 4 rings (SSSR count). The van der Waals surface area contributed by atoms with Gasteiger partial charge in [0.05, 0.1) is 11.4 Å². The molecule has 8 nitrogen and oxygen atoms in total. The summed E-state index contributed by atoms with van der Waals surface area (Å²) in [6.07, 6.45) is 6.97. The van der Waals surface area contributed by atoms with Crippen molar-refractivity contribution >= 4 is 17.7 Å². The molecule has 0 spiro atoms. The van der Waals surface area contributed by atoms with Crippen molar-refractivity contribution in [2.24, 2.45) is 5.92 Å². The van der Waals surface area contributed by atoms with E-state index in [1.807, 2.05) is 19.9 Å². The Morgan fingerprint density at radius 2 is 1.82 bits per heavy atom. The summed E-state index contributed by atoms with van der Waals surface area (Å²) in [5.41, 5.74) is 1.84. The zero-order valence-corrected chi connectivity index (χ0v) is 17.7. The Labute approximate surface area is 169 Å². The number of nitrogens with zero attached hydrogens (tertiary/aromatic N) is 6. The summed E-state index contributed by atoms with van der Waals surface area (Å²) in [6, 6.07) is 2.80. The van der Waals surface area contributed by atoms with Gasteiger partial charge in [0, 0.05) is 17.8 Å². The molecule has 0 unspecified atom stereocenters. The van der Waals surface area contributed by atoms with Gasteiger partial charge in [-0.05, 0) is 64.4 Å². The molecule has 2 aliphatic carbocycles. The lowest BCUT2D eigenvalue weighted by atomic mass is 9.86. The molecule has 0 radical (unpaired) electrons. The van der Waals surface area contributed by atoms with Gasteiger partial charge in [0.2, 0.25) is 11.1 Å². The lowest BCUT2D eigenvalue weighted by molar-refractivity contribution is -0.132. The minimum Gasteiger partial charge on any atom is -0.336 e. The van der Waals surface area contributed by atoms with Crippen LogP contribution in [0.15, 0.2) is 11.2 Å². The topological polar surface area (TPSA) is 94.9 Å². The fraction of sp³-hybridized carbons (Fsp3) is 0.684. The van der Waals surface area contributed by atoms with Crippen LogP contribution in [0.1, 0.15) is 56.8 Å². The van der Waals surface area contributed by atoms with Crippen LogP contribution in [0.2, 0.25) is 0 Å². The van der Waals surface area contributed by atoms with Crippen molar-refractivity contribution in [1.82, 2.24) is 29.6 Å². The number of aromatic nitrogens is 5. The first kappa shape index (κ1) is 19.3. The highest BCUT2D eigenvalue weighted by Gasteiger charge is 2.38. The van der Waals surface area contributed by atoms with Gasteiger partial charge in [0.15, 0.2) is 0 Å². The summed E-state index contributed by atoms with van der Waals surface area (Å²) in [4.78, 5) is 15.2. The second-order valence-electron chi connectivity index (χ2n) is 8.23. The van der Waals surface area contributed by atoms with E-state index in [0.29, 0.717) is 28.9 Å². The van der Waals surface area contributed by atoms with Crippen LogP contribution >= 0.6 is 11.8 Å². The number of carbonyl (C=O) groups is 1. The molecular weight excluding hydrogens is 374 g/mol. The molecule has 2 aromatic rings. The molecule has 152 valence electrons. The van der Waals surface area contributed by atoms with Crippen LogP contribution in [-0.2, 0) is 4.79 Å². The van der Waals surface area contributed by atoms with Crippen molar-refractivity contribution in [3.8, 4) is 5.95 Å². The maximum Gasteiger partial charge on any atom is 0.271 e. The molecule has 0 aliphatic heterocycles. The number of hydrogen-bond acceptors (Lipinski definition) is 6. The largest absolute Gasteiger partial charge is 0.336 e. The van der Waals surface area contributed by atoms with Gasteiger partial charge in [-0.1, -0.05) is 18.7 Å². The minimum atomic E-state index is 0.197. The van der Waals surface area contributed by atoms with Crippen molar-refractivity contribution in [1.29, 1.82) is 0 Å². The Balaban J connectivity index is 1.42. The molecule has 9 heteroatoms. The first-order valence-corrected chi connectivity index (χ1v) is 11.1. The van der Waals surface area contributed by atoms with Crippen LogP contribution in [0.4, 0.5) is 0 Å². The summed E-state index contributed by atoms with van der Waals surface area (Å²) >= 11 is 1.35. The Morgan fingerprint density at radius 1 is 1.18 bits per heavy atom. The number of thioether (sulfide) groups is 1. The molecule has 2 heterocycles. The van der Waals surface area contributed by atoms with Gasteiger partial charge in [-0.2, -0.15) is 5.10 Å². The highest BCUT2D eigenvalue weighted by atomic mass is 32.2. The van der Waals surface area contributed by atoms with Crippen molar-refractivity contribution < 1.29 is 4.79 Å². The maximum absolute atomic E-state index is 13.0. The molecule has 2 N–H and O–H groups in total. The van der Waals surface area contributed by atoms with Gasteiger partial charge in [0.1, 0.15) is 0 Å². The zero-order valence-electron chi connectivity index (χ0n) is 16.8. The van der Waals surface area contributed by atoms with Crippen LogP contribution in [0.3, 0.4) is 0 Å². The zero-order chi connectivity index (χ0) is 19.8. The maximum atomic E-state index is 13.0. The normalized spacial score (nSPS) is 22.4. The summed E-state index contributed by atoms with van der Waals surface area (Å²) in [7, 11) is 0. The predicted molar refractivity (Wildman–Crippen MR) is 109 cm³/mol. The highest BCUT2D eigenvalue weighted by Crippen LogP contribution is 2.36. The molecule has 2 saturated carbocycles. The lowest BCUT2D eigenvalue weighted by Crippen LogP contribution is -2.44. The SMILES string of the molecule is Cc1cc(C)n(-c2nnc(SCC(=O)N(C3CCC(C)CC3)C3CC3)n2N)n1. The third-order valence-electron chi connectivity index (χ3n) is 5.78. The quantitative estimate of drug-likeness (QED) is 0.588. The van der Waals surface area contributed by atoms with E-state index < -0.39 is 0 Å². The van der Waals surface area contributed by atoms with Crippen LogP contribution < -0.4 is 5.84 Å². The van der Waals surface area contributed by atoms with Crippen molar-refractivity contribution in [2.75, 3.05) is 11.6 Å². The van der Waals surface area contributed by atoms with E-state index in [9.17, 15) is 4.79 Å². The fourth-order valence-corrected chi connectivity index (χ4v) is 4.84. The molecule has 28 heavy (non-hydrogen) atoms.